The number of esters is 1. The Morgan fingerprint density at radius 3 is 2.88 bits per heavy atom. The van der Waals surface area contributed by atoms with Gasteiger partial charge in [0.1, 0.15) is 5.82 Å². The molecule has 4 nitrogen and oxygen atoms in total. The normalized spacial score (nSPS) is 11.3. The highest BCUT2D eigenvalue weighted by molar-refractivity contribution is 9.10. The van der Waals surface area contributed by atoms with Gasteiger partial charge in [0.2, 0.25) is 0 Å². The van der Waals surface area contributed by atoms with Crippen molar-refractivity contribution in [2.75, 3.05) is 6.61 Å². The molecule has 1 N–H and O–H groups in total. The Hall–Kier alpha value is -1.43. The van der Waals surface area contributed by atoms with Crippen LogP contribution >= 0.6 is 15.9 Å². The maximum Gasteiger partial charge on any atom is 0.361 e. The first kappa shape index (κ1) is 12.6. The molecule has 0 atom stereocenters. The maximum absolute atomic E-state index is 13.4. The van der Waals surface area contributed by atoms with Gasteiger partial charge in [0, 0.05) is 10.0 Å². The van der Waals surface area contributed by atoms with Gasteiger partial charge < -0.3 is 9.94 Å². The molecule has 1 aromatic rings. The van der Waals surface area contributed by atoms with Crippen LogP contribution in [0.15, 0.2) is 27.8 Å². The standard InChI is InChI=1S/C10H9BrFNO3/c1-2-16-10(14)9(13-15)7-5-6(11)3-4-8(7)12/h3-5,15H,2H2,1H3/b13-9+. The fraction of sp³-hybridized carbons (Fsp3) is 0.200. The summed E-state index contributed by atoms with van der Waals surface area (Å²) in [6.07, 6.45) is 0. The molecule has 1 rings (SSSR count). The molecule has 0 aromatic heterocycles. The number of benzene rings is 1. The van der Waals surface area contributed by atoms with E-state index < -0.39 is 17.5 Å². The molecule has 1 aromatic carbocycles. The van der Waals surface area contributed by atoms with Crippen LogP contribution in [0.2, 0.25) is 0 Å². The third-order valence-electron chi connectivity index (χ3n) is 1.75. The van der Waals surface area contributed by atoms with Crippen molar-refractivity contribution >= 4 is 27.6 Å². The van der Waals surface area contributed by atoms with Crippen molar-refractivity contribution < 1.29 is 19.1 Å². The Labute approximate surface area is 99.8 Å². The average Bonchev–Trinajstić information content (AvgIpc) is 2.24. The van der Waals surface area contributed by atoms with E-state index in [4.69, 9.17) is 5.21 Å². The van der Waals surface area contributed by atoms with Crippen molar-refractivity contribution in [3.05, 3.63) is 34.1 Å². The van der Waals surface area contributed by atoms with Gasteiger partial charge in [-0.05, 0) is 25.1 Å². The molecule has 0 spiro atoms. The van der Waals surface area contributed by atoms with E-state index in [1.165, 1.54) is 12.1 Å². The minimum absolute atomic E-state index is 0.115. The average molecular weight is 290 g/mol. The first-order valence-electron chi connectivity index (χ1n) is 4.44. The number of rotatable bonds is 3. The smallest absolute Gasteiger partial charge is 0.361 e. The molecule has 0 radical (unpaired) electrons. The summed E-state index contributed by atoms with van der Waals surface area (Å²) in [5, 5.41) is 11.5. The van der Waals surface area contributed by atoms with E-state index in [0.717, 1.165) is 6.07 Å². The van der Waals surface area contributed by atoms with Crippen LogP contribution in [0, 0.1) is 5.82 Å². The summed E-state index contributed by atoms with van der Waals surface area (Å²) >= 11 is 3.13. The van der Waals surface area contributed by atoms with E-state index in [1.54, 1.807) is 6.92 Å². The predicted octanol–water partition coefficient (Wildman–Crippen LogP) is 2.33. The number of oxime groups is 1. The molecule has 0 amide bonds. The van der Waals surface area contributed by atoms with E-state index in [2.05, 4.69) is 25.8 Å². The molecule has 86 valence electrons. The molecule has 0 saturated carbocycles. The summed E-state index contributed by atoms with van der Waals surface area (Å²) in [6, 6.07) is 3.96. The first-order chi connectivity index (χ1) is 7.60. The molecule has 0 bridgehead atoms. The van der Waals surface area contributed by atoms with E-state index in [1.807, 2.05) is 0 Å². The fourth-order valence-corrected chi connectivity index (χ4v) is 1.44. The summed E-state index contributed by atoms with van der Waals surface area (Å²) in [5.74, 6) is -1.54. The zero-order valence-corrected chi connectivity index (χ0v) is 9.99. The first-order valence-corrected chi connectivity index (χ1v) is 5.24. The van der Waals surface area contributed by atoms with Crippen LogP contribution in [-0.2, 0) is 9.53 Å². The van der Waals surface area contributed by atoms with Gasteiger partial charge in [-0.2, -0.15) is 0 Å². The Kier molecular flexibility index (Phi) is 4.42. The molecule has 0 fully saturated rings. The lowest BCUT2D eigenvalue weighted by Gasteiger charge is -2.05. The van der Waals surface area contributed by atoms with Gasteiger partial charge in [0.25, 0.3) is 0 Å². The van der Waals surface area contributed by atoms with Crippen LogP contribution < -0.4 is 0 Å². The van der Waals surface area contributed by atoms with Gasteiger partial charge in [-0.1, -0.05) is 21.1 Å². The second kappa shape index (κ2) is 5.60. The molecule has 16 heavy (non-hydrogen) atoms. The van der Waals surface area contributed by atoms with Crippen LogP contribution in [0.25, 0.3) is 0 Å². The summed E-state index contributed by atoms with van der Waals surface area (Å²) in [4.78, 5) is 11.3. The fourth-order valence-electron chi connectivity index (χ4n) is 1.08. The number of carbonyl (C=O) groups is 1. The number of carbonyl (C=O) groups excluding carboxylic acids is 1. The molecule has 0 unspecified atom stereocenters. The quantitative estimate of drug-likeness (QED) is 0.402. The van der Waals surface area contributed by atoms with Gasteiger partial charge in [-0.15, -0.1) is 0 Å². The lowest BCUT2D eigenvalue weighted by molar-refractivity contribution is -0.135. The molecular formula is C10H9BrFNO3. The predicted molar refractivity (Wildman–Crippen MR) is 59.1 cm³/mol. The number of nitrogens with zero attached hydrogens (tertiary/aromatic N) is 1. The third kappa shape index (κ3) is 2.79. The molecule has 0 aliphatic rings. The number of hydrogen-bond donors (Lipinski definition) is 1. The minimum atomic E-state index is -0.873. The molecule has 0 heterocycles. The lowest BCUT2D eigenvalue weighted by Crippen LogP contribution is -2.20. The van der Waals surface area contributed by atoms with Crippen LogP contribution in [0.4, 0.5) is 4.39 Å². The van der Waals surface area contributed by atoms with Gasteiger partial charge in [0.05, 0.1) is 6.61 Å². The van der Waals surface area contributed by atoms with E-state index in [9.17, 15) is 9.18 Å². The van der Waals surface area contributed by atoms with E-state index >= 15 is 0 Å². The van der Waals surface area contributed by atoms with Crippen molar-refractivity contribution in [1.82, 2.24) is 0 Å². The van der Waals surface area contributed by atoms with Gasteiger partial charge in [0.15, 0.2) is 5.71 Å². The number of halogens is 2. The zero-order valence-electron chi connectivity index (χ0n) is 8.41. The molecule has 6 heteroatoms. The SMILES string of the molecule is CCOC(=O)/C(=N/O)c1cc(Br)ccc1F. The van der Waals surface area contributed by atoms with Crippen LogP contribution in [-0.4, -0.2) is 23.5 Å². The summed E-state index contributed by atoms with van der Waals surface area (Å²) in [7, 11) is 0. The summed E-state index contributed by atoms with van der Waals surface area (Å²) < 4.78 is 18.6. The van der Waals surface area contributed by atoms with Crippen LogP contribution in [0.3, 0.4) is 0 Å². The maximum atomic E-state index is 13.4. The number of hydrogen-bond acceptors (Lipinski definition) is 4. The summed E-state index contributed by atoms with van der Waals surface area (Å²) in [6.45, 7) is 1.72. The van der Waals surface area contributed by atoms with E-state index in [-0.39, 0.29) is 12.2 Å². The van der Waals surface area contributed by atoms with Gasteiger partial charge in [-0.25, -0.2) is 9.18 Å². The highest BCUT2D eigenvalue weighted by Crippen LogP contribution is 2.16. The van der Waals surface area contributed by atoms with Crippen molar-refractivity contribution in [2.45, 2.75) is 6.92 Å². The van der Waals surface area contributed by atoms with Crippen molar-refractivity contribution in [2.24, 2.45) is 5.16 Å². The zero-order chi connectivity index (χ0) is 12.1. The second-order valence-corrected chi connectivity index (χ2v) is 3.71. The Balaban J connectivity index is 3.14. The summed E-state index contributed by atoms with van der Waals surface area (Å²) in [5.41, 5.74) is -0.573. The Bertz CT molecular complexity index is 434. The molecule has 0 aliphatic carbocycles. The van der Waals surface area contributed by atoms with Gasteiger partial charge in [-0.3, -0.25) is 0 Å². The minimum Gasteiger partial charge on any atom is -0.461 e. The van der Waals surface area contributed by atoms with Crippen molar-refractivity contribution in [1.29, 1.82) is 0 Å². The van der Waals surface area contributed by atoms with Crippen molar-refractivity contribution in [3.8, 4) is 0 Å². The monoisotopic (exact) mass is 289 g/mol. The Morgan fingerprint density at radius 2 is 2.31 bits per heavy atom. The second-order valence-electron chi connectivity index (χ2n) is 2.79. The molecule has 0 aliphatic heterocycles. The number of ether oxygens (including phenoxy) is 1. The molecular weight excluding hydrogens is 281 g/mol. The molecule has 0 saturated heterocycles. The van der Waals surface area contributed by atoms with Crippen LogP contribution in [0.5, 0.6) is 0 Å². The Morgan fingerprint density at radius 1 is 1.62 bits per heavy atom. The van der Waals surface area contributed by atoms with E-state index in [0.29, 0.717) is 4.47 Å². The highest BCUT2D eigenvalue weighted by atomic mass is 79.9. The van der Waals surface area contributed by atoms with Gasteiger partial charge >= 0.3 is 5.97 Å². The third-order valence-corrected chi connectivity index (χ3v) is 2.25. The largest absolute Gasteiger partial charge is 0.461 e. The highest BCUT2D eigenvalue weighted by Gasteiger charge is 2.20. The lowest BCUT2D eigenvalue weighted by atomic mass is 10.1. The van der Waals surface area contributed by atoms with Crippen molar-refractivity contribution in [3.63, 3.8) is 0 Å². The topological polar surface area (TPSA) is 58.9 Å². The van der Waals surface area contributed by atoms with Crippen LogP contribution in [0.1, 0.15) is 12.5 Å².